The molecule has 0 amide bonds. The highest BCUT2D eigenvalue weighted by Gasteiger charge is 2.18. The average molecular weight is 233 g/mol. The summed E-state index contributed by atoms with van der Waals surface area (Å²) in [7, 11) is 1.81. The van der Waals surface area contributed by atoms with Crippen LogP contribution in [-0.4, -0.2) is 19.6 Å². The molecule has 1 saturated carbocycles. The summed E-state index contributed by atoms with van der Waals surface area (Å²) in [6, 6.07) is 7.43. The van der Waals surface area contributed by atoms with Crippen molar-refractivity contribution < 1.29 is 9.53 Å². The number of nitrogens with one attached hydrogen (secondary N) is 1. The molecule has 1 aliphatic carbocycles. The van der Waals surface area contributed by atoms with Crippen molar-refractivity contribution in [2.24, 2.45) is 5.92 Å². The standard InChI is InChI=1S/C14H19NO2/c1-15-13-9-5-4-8-12(13)14(16)17-10-11-6-2-3-7-11/h4-5,8-9,11,15H,2-3,6-7,10H2,1H3. The molecule has 0 spiro atoms. The number of benzene rings is 1. The van der Waals surface area contributed by atoms with E-state index in [1.807, 2.05) is 25.2 Å². The second kappa shape index (κ2) is 5.71. The third kappa shape index (κ3) is 2.99. The molecule has 3 heteroatoms. The molecule has 1 aliphatic rings. The number of hydrogen-bond donors (Lipinski definition) is 1. The van der Waals surface area contributed by atoms with Gasteiger partial charge in [-0.2, -0.15) is 0 Å². The van der Waals surface area contributed by atoms with Gasteiger partial charge in [0.05, 0.1) is 12.2 Å². The molecule has 3 nitrogen and oxygen atoms in total. The van der Waals surface area contributed by atoms with Crippen LogP contribution in [0.15, 0.2) is 24.3 Å². The minimum Gasteiger partial charge on any atom is -0.462 e. The van der Waals surface area contributed by atoms with Gasteiger partial charge in [-0.25, -0.2) is 4.79 Å². The van der Waals surface area contributed by atoms with E-state index in [2.05, 4.69) is 5.32 Å². The van der Waals surface area contributed by atoms with Crippen molar-refractivity contribution in [3.63, 3.8) is 0 Å². The molecular formula is C14H19NO2. The van der Waals surface area contributed by atoms with Crippen molar-refractivity contribution in [2.45, 2.75) is 25.7 Å². The topological polar surface area (TPSA) is 38.3 Å². The molecule has 1 aromatic rings. The van der Waals surface area contributed by atoms with Crippen LogP contribution in [0.2, 0.25) is 0 Å². The first-order chi connectivity index (χ1) is 8.31. The summed E-state index contributed by atoms with van der Waals surface area (Å²) < 4.78 is 5.38. The van der Waals surface area contributed by atoms with Gasteiger partial charge < -0.3 is 10.1 Å². The van der Waals surface area contributed by atoms with Gasteiger partial charge in [0.15, 0.2) is 0 Å². The Morgan fingerprint density at radius 3 is 2.76 bits per heavy atom. The van der Waals surface area contributed by atoms with Gasteiger partial charge in [-0.05, 0) is 30.9 Å². The number of carbonyl (C=O) groups excluding carboxylic acids is 1. The van der Waals surface area contributed by atoms with Crippen LogP contribution in [0.5, 0.6) is 0 Å². The molecule has 1 fully saturated rings. The molecule has 1 aromatic carbocycles. The summed E-state index contributed by atoms with van der Waals surface area (Å²) in [5, 5.41) is 3.00. The average Bonchev–Trinajstić information content (AvgIpc) is 2.89. The summed E-state index contributed by atoms with van der Waals surface area (Å²) >= 11 is 0. The Kier molecular flexibility index (Phi) is 4.02. The summed E-state index contributed by atoms with van der Waals surface area (Å²) in [6.45, 7) is 0.566. The van der Waals surface area contributed by atoms with Crippen LogP contribution in [0.3, 0.4) is 0 Å². The lowest BCUT2D eigenvalue weighted by atomic mass is 10.1. The van der Waals surface area contributed by atoms with Crippen molar-refractivity contribution in [1.82, 2.24) is 0 Å². The second-order valence-electron chi connectivity index (χ2n) is 4.54. The van der Waals surface area contributed by atoms with Crippen LogP contribution in [-0.2, 0) is 4.74 Å². The highest BCUT2D eigenvalue weighted by Crippen LogP contribution is 2.25. The van der Waals surface area contributed by atoms with Crippen LogP contribution in [0.1, 0.15) is 36.0 Å². The normalized spacial score (nSPS) is 15.8. The minimum absolute atomic E-state index is 0.221. The number of anilines is 1. The zero-order valence-corrected chi connectivity index (χ0v) is 10.2. The van der Waals surface area contributed by atoms with E-state index < -0.39 is 0 Å². The molecule has 92 valence electrons. The van der Waals surface area contributed by atoms with Crippen molar-refractivity contribution in [1.29, 1.82) is 0 Å². The highest BCUT2D eigenvalue weighted by molar-refractivity contribution is 5.95. The quantitative estimate of drug-likeness (QED) is 0.812. The van der Waals surface area contributed by atoms with Crippen molar-refractivity contribution in [3.8, 4) is 0 Å². The van der Waals surface area contributed by atoms with Crippen molar-refractivity contribution in [3.05, 3.63) is 29.8 Å². The Labute approximate surface area is 102 Å². The molecule has 17 heavy (non-hydrogen) atoms. The zero-order chi connectivity index (χ0) is 12.1. The lowest BCUT2D eigenvalue weighted by Crippen LogP contribution is -2.13. The first kappa shape index (κ1) is 12.0. The molecule has 0 aromatic heterocycles. The lowest BCUT2D eigenvalue weighted by molar-refractivity contribution is 0.0443. The van der Waals surface area contributed by atoms with Crippen LogP contribution in [0.4, 0.5) is 5.69 Å². The summed E-state index contributed by atoms with van der Waals surface area (Å²) in [5.41, 5.74) is 1.44. The van der Waals surface area contributed by atoms with Gasteiger partial charge >= 0.3 is 5.97 Å². The van der Waals surface area contributed by atoms with Crippen LogP contribution in [0, 0.1) is 5.92 Å². The monoisotopic (exact) mass is 233 g/mol. The Hall–Kier alpha value is -1.51. The maximum atomic E-state index is 11.9. The molecule has 0 unspecified atom stereocenters. The zero-order valence-electron chi connectivity index (χ0n) is 10.2. The van der Waals surface area contributed by atoms with Crippen molar-refractivity contribution in [2.75, 3.05) is 19.0 Å². The SMILES string of the molecule is CNc1ccccc1C(=O)OCC1CCCC1. The Morgan fingerprint density at radius 1 is 1.35 bits per heavy atom. The van der Waals surface area contributed by atoms with Gasteiger partial charge in [-0.3, -0.25) is 0 Å². The van der Waals surface area contributed by atoms with E-state index in [1.165, 1.54) is 25.7 Å². The third-order valence-corrected chi connectivity index (χ3v) is 3.34. The first-order valence-corrected chi connectivity index (χ1v) is 6.25. The van der Waals surface area contributed by atoms with Gasteiger partial charge in [0.1, 0.15) is 0 Å². The van der Waals surface area contributed by atoms with Gasteiger partial charge in [0.2, 0.25) is 0 Å². The minimum atomic E-state index is -0.221. The predicted molar refractivity (Wildman–Crippen MR) is 68.2 cm³/mol. The van der Waals surface area contributed by atoms with E-state index in [0.717, 1.165) is 5.69 Å². The summed E-state index contributed by atoms with van der Waals surface area (Å²) in [4.78, 5) is 11.9. The van der Waals surface area contributed by atoms with Gasteiger partial charge in [0, 0.05) is 12.7 Å². The maximum Gasteiger partial charge on any atom is 0.340 e. The Balaban J connectivity index is 1.94. The molecule has 0 bridgehead atoms. The number of ether oxygens (including phenoxy) is 1. The molecule has 0 radical (unpaired) electrons. The molecule has 2 rings (SSSR count). The summed E-state index contributed by atoms with van der Waals surface area (Å²) in [5.74, 6) is 0.350. The van der Waals surface area contributed by atoms with Gasteiger partial charge in [0.25, 0.3) is 0 Å². The largest absolute Gasteiger partial charge is 0.462 e. The van der Waals surface area contributed by atoms with E-state index >= 15 is 0 Å². The van der Waals surface area contributed by atoms with E-state index in [4.69, 9.17) is 4.74 Å². The fraction of sp³-hybridized carbons (Fsp3) is 0.500. The van der Waals surface area contributed by atoms with Crippen LogP contribution < -0.4 is 5.32 Å². The highest BCUT2D eigenvalue weighted by atomic mass is 16.5. The van der Waals surface area contributed by atoms with E-state index in [1.54, 1.807) is 6.07 Å². The Morgan fingerprint density at radius 2 is 2.06 bits per heavy atom. The molecule has 0 atom stereocenters. The lowest BCUT2D eigenvalue weighted by Gasteiger charge is -2.12. The van der Waals surface area contributed by atoms with E-state index in [-0.39, 0.29) is 5.97 Å². The second-order valence-corrected chi connectivity index (χ2v) is 4.54. The van der Waals surface area contributed by atoms with Gasteiger partial charge in [-0.15, -0.1) is 0 Å². The smallest absolute Gasteiger partial charge is 0.340 e. The molecule has 1 N–H and O–H groups in total. The number of esters is 1. The van der Waals surface area contributed by atoms with Crippen molar-refractivity contribution >= 4 is 11.7 Å². The third-order valence-electron chi connectivity index (χ3n) is 3.34. The molecular weight excluding hydrogens is 214 g/mol. The molecule has 0 aliphatic heterocycles. The molecule has 0 saturated heterocycles. The van der Waals surface area contributed by atoms with E-state index in [9.17, 15) is 4.79 Å². The fourth-order valence-electron chi connectivity index (χ4n) is 2.33. The summed E-state index contributed by atoms with van der Waals surface area (Å²) in [6.07, 6.45) is 4.94. The number of hydrogen-bond acceptors (Lipinski definition) is 3. The van der Waals surface area contributed by atoms with Crippen LogP contribution >= 0.6 is 0 Å². The molecule has 0 heterocycles. The van der Waals surface area contributed by atoms with E-state index in [0.29, 0.717) is 18.1 Å². The predicted octanol–water partition coefficient (Wildman–Crippen LogP) is 3.08. The van der Waals surface area contributed by atoms with Gasteiger partial charge in [-0.1, -0.05) is 25.0 Å². The number of rotatable bonds is 4. The van der Waals surface area contributed by atoms with Crippen LogP contribution in [0.25, 0.3) is 0 Å². The number of carbonyl (C=O) groups is 1. The first-order valence-electron chi connectivity index (χ1n) is 6.25. The number of para-hydroxylation sites is 1. The fourth-order valence-corrected chi connectivity index (χ4v) is 2.33. The Bertz CT molecular complexity index is 384. The maximum absolute atomic E-state index is 11.9.